The fourth-order valence-corrected chi connectivity index (χ4v) is 3.82. The average Bonchev–Trinajstić information content (AvgIpc) is 2.45. The predicted octanol–water partition coefficient (Wildman–Crippen LogP) is 3.03. The largest absolute Gasteiger partial charge is 0.390 e. The highest BCUT2D eigenvalue weighted by Crippen LogP contribution is 2.39. The van der Waals surface area contributed by atoms with E-state index in [1.807, 2.05) is 26.0 Å². The van der Waals surface area contributed by atoms with E-state index in [0.717, 1.165) is 50.9 Å². The van der Waals surface area contributed by atoms with Gasteiger partial charge in [-0.3, -0.25) is 4.90 Å². The highest BCUT2D eigenvalue weighted by atomic mass is 19.1. The molecule has 1 aromatic carbocycles. The third-order valence-electron chi connectivity index (χ3n) is 5.15. The summed E-state index contributed by atoms with van der Waals surface area (Å²) in [4.78, 5) is 2.39. The van der Waals surface area contributed by atoms with E-state index >= 15 is 0 Å². The second-order valence-corrected chi connectivity index (χ2v) is 7.31. The second kappa shape index (κ2) is 5.91. The van der Waals surface area contributed by atoms with Crippen LogP contribution in [0.15, 0.2) is 18.2 Å². The number of aryl methyl sites for hydroxylation is 1. The lowest BCUT2D eigenvalue weighted by Crippen LogP contribution is -2.53. The molecule has 2 aliphatic rings. The summed E-state index contributed by atoms with van der Waals surface area (Å²) in [5.41, 5.74) is 1.13. The quantitative estimate of drug-likeness (QED) is 0.911. The molecule has 0 aliphatic carbocycles. The number of hydrogen-bond donors (Lipinski definition) is 1. The predicted molar refractivity (Wildman–Crippen MR) is 84.2 cm³/mol. The van der Waals surface area contributed by atoms with Crippen molar-refractivity contribution in [3.8, 4) is 0 Å². The van der Waals surface area contributed by atoms with Gasteiger partial charge in [0.15, 0.2) is 0 Å². The van der Waals surface area contributed by atoms with E-state index in [9.17, 15) is 9.50 Å². The van der Waals surface area contributed by atoms with Gasteiger partial charge in [0.1, 0.15) is 5.82 Å². The van der Waals surface area contributed by atoms with Crippen LogP contribution in [0, 0.1) is 12.7 Å². The number of nitrogens with zero attached hydrogens (tertiary/aromatic N) is 1. The van der Waals surface area contributed by atoms with Crippen LogP contribution in [-0.2, 0) is 11.3 Å². The van der Waals surface area contributed by atoms with Crippen molar-refractivity contribution in [3.63, 3.8) is 0 Å². The van der Waals surface area contributed by atoms with Crippen LogP contribution in [0.3, 0.4) is 0 Å². The summed E-state index contributed by atoms with van der Waals surface area (Å²) in [6, 6.07) is 5.35. The molecule has 1 aromatic rings. The maximum atomic E-state index is 13.3. The molecule has 0 bridgehead atoms. The zero-order valence-corrected chi connectivity index (χ0v) is 13.6. The first-order valence-corrected chi connectivity index (χ1v) is 8.21. The number of piperidine rings is 1. The molecule has 1 unspecified atom stereocenters. The Bertz CT molecular complexity index is 536. The Balaban J connectivity index is 1.58. The molecule has 3 nitrogen and oxygen atoms in total. The van der Waals surface area contributed by atoms with Crippen molar-refractivity contribution in [2.45, 2.75) is 57.3 Å². The molecule has 2 fully saturated rings. The third-order valence-corrected chi connectivity index (χ3v) is 5.15. The van der Waals surface area contributed by atoms with Crippen molar-refractivity contribution >= 4 is 0 Å². The Hall–Kier alpha value is -0.970. The fraction of sp³-hybridized carbons (Fsp3) is 0.667. The molecule has 1 atom stereocenters. The number of aliphatic hydroxyl groups is 1. The van der Waals surface area contributed by atoms with Crippen molar-refractivity contribution < 1.29 is 14.2 Å². The Morgan fingerprint density at radius 3 is 2.64 bits per heavy atom. The van der Waals surface area contributed by atoms with Crippen LogP contribution in [0.25, 0.3) is 0 Å². The molecule has 1 N–H and O–H groups in total. The molecule has 0 radical (unpaired) electrons. The van der Waals surface area contributed by atoms with Gasteiger partial charge < -0.3 is 9.84 Å². The summed E-state index contributed by atoms with van der Waals surface area (Å²) in [7, 11) is 0. The Morgan fingerprint density at radius 2 is 2.00 bits per heavy atom. The standard InChI is InChI=1S/C18H26FNO2/c1-14-11-15(3-4-16(14)19)12-20-8-5-18(6-9-20)13-17(2,21)7-10-22-18/h3-4,11,21H,5-10,12-13H2,1-2H3. The number of halogens is 1. The summed E-state index contributed by atoms with van der Waals surface area (Å²) in [5.74, 6) is -0.140. The first-order valence-electron chi connectivity index (χ1n) is 8.21. The molecule has 1 spiro atoms. The molecule has 2 saturated heterocycles. The minimum absolute atomic E-state index is 0.140. The van der Waals surface area contributed by atoms with Gasteiger partial charge in [-0.1, -0.05) is 12.1 Å². The first kappa shape index (κ1) is 15.9. The van der Waals surface area contributed by atoms with E-state index < -0.39 is 5.60 Å². The summed E-state index contributed by atoms with van der Waals surface area (Å²) in [6.07, 6.45) is 3.39. The SMILES string of the molecule is Cc1cc(CN2CCC3(CC2)CC(C)(O)CCO3)ccc1F. The topological polar surface area (TPSA) is 32.7 Å². The Labute approximate surface area is 132 Å². The lowest BCUT2D eigenvalue weighted by Gasteiger charge is -2.48. The van der Waals surface area contributed by atoms with Crippen LogP contribution < -0.4 is 0 Å². The van der Waals surface area contributed by atoms with Crippen molar-refractivity contribution in [1.82, 2.24) is 4.90 Å². The van der Waals surface area contributed by atoms with Gasteiger partial charge in [-0.15, -0.1) is 0 Å². The molecule has 122 valence electrons. The molecule has 0 amide bonds. The number of ether oxygens (including phenoxy) is 1. The van der Waals surface area contributed by atoms with Crippen LogP contribution in [-0.4, -0.2) is 40.9 Å². The highest BCUT2D eigenvalue weighted by molar-refractivity contribution is 5.23. The van der Waals surface area contributed by atoms with Crippen molar-refractivity contribution in [2.75, 3.05) is 19.7 Å². The third kappa shape index (κ3) is 3.50. The number of benzene rings is 1. The minimum Gasteiger partial charge on any atom is -0.390 e. The van der Waals surface area contributed by atoms with E-state index in [4.69, 9.17) is 4.74 Å². The normalized spacial score (nSPS) is 28.9. The van der Waals surface area contributed by atoms with Crippen LogP contribution in [0.4, 0.5) is 4.39 Å². The van der Waals surface area contributed by atoms with Gasteiger partial charge in [0.05, 0.1) is 17.8 Å². The fourth-order valence-electron chi connectivity index (χ4n) is 3.82. The number of hydrogen-bond acceptors (Lipinski definition) is 3. The van der Waals surface area contributed by atoms with Gasteiger partial charge in [-0.2, -0.15) is 0 Å². The van der Waals surface area contributed by atoms with Gasteiger partial charge >= 0.3 is 0 Å². The lowest BCUT2D eigenvalue weighted by atomic mass is 9.78. The Morgan fingerprint density at radius 1 is 1.27 bits per heavy atom. The maximum absolute atomic E-state index is 13.3. The maximum Gasteiger partial charge on any atom is 0.126 e. The van der Waals surface area contributed by atoms with E-state index in [1.165, 1.54) is 0 Å². The summed E-state index contributed by atoms with van der Waals surface area (Å²) in [6.45, 7) is 7.17. The van der Waals surface area contributed by atoms with Crippen molar-refractivity contribution in [3.05, 3.63) is 35.1 Å². The zero-order chi connectivity index (χ0) is 15.8. The van der Waals surface area contributed by atoms with Gasteiger partial charge in [0, 0.05) is 26.1 Å². The van der Waals surface area contributed by atoms with Crippen molar-refractivity contribution in [2.24, 2.45) is 0 Å². The van der Waals surface area contributed by atoms with Gasteiger partial charge in [0.2, 0.25) is 0 Å². The molecule has 4 heteroatoms. The van der Waals surface area contributed by atoms with Gasteiger partial charge in [-0.05, 0) is 50.3 Å². The average molecular weight is 307 g/mol. The smallest absolute Gasteiger partial charge is 0.126 e. The molecule has 22 heavy (non-hydrogen) atoms. The second-order valence-electron chi connectivity index (χ2n) is 7.31. The molecule has 0 saturated carbocycles. The monoisotopic (exact) mass is 307 g/mol. The van der Waals surface area contributed by atoms with Crippen LogP contribution in [0.2, 0.25) is 0 Å². The van der Waals surface area contributed by atoms with Crippen molar-refractivity contribution in [1.29, 1.82) is 0 Å². The minimum atomic E-state index is -0.589. The zero-order valence-electron chi connectivity index (χ0n) is 13.6. The van der Waals surface area contributed by atoms with E-state index in [0.29, 0.717) is 12.2 Å². The molecule has 2 aliphatic heterocycles. The molecule has 2 heterocycles. The molecule has 0 aromatic heterocycles. The summed E-state index contributed by atoms with van der Waals surface area (Å²) >= 11 is 0. The van der Waals surface area contributed by atoms with Crippen LogP contribution in [0.1, 0.15) is 43.7 Å². The number of rotatable bonds is 2. The van der Waals surface area contributed by atoms with E-state index in [-0.39, 0.29) is 11.4 Å². The van der Waals surface area contributed by atoms with Gasteiger partial charge in [-0.25, -0.2) is 4.39 Å². The molecule has 3 rings (SSSR count). The van der Waals surface area contributed by atoms with E-state index in [2.05, 4.69) is 4.90 Å². The molecular weight excluding hydrogens is 281 g/mol. The van der Waals surface area contributed by atoms with Crippen LogP contribution in [0.5, 0.6) is 0 Å². The molecular formula is C18H26FNO2. The highest BCUT2D eigenvalue weighted by Gasteiger charge is 2.44. The summed E-state index contributed by atoms with van der Waals surface area (Å²) in [5, 5.41) is 10.3. The summed E-state index contributed by atoms with van der Waals surface area (Å²) < 4.78 is 19.4. The first-order chi connectivity index (χ1) is 10.4. The van der Waals surface area contributed by atoms with E-state index in [1.54, 1.807) is 6.07 Å². The number of likely N-dealkylation sites (tertiary alicyclic amines) is 1. The van der Waals surface area contributed by atoms with Crippen LogP contribution >= 0.6 is 0 Å². The Kier molecular flexibility index (Phi) is 4.27. The van der Waals surface area contributed by atoms with Gasteiger partial charge in [0.25, 0.3) is 0 Å². The lowest BCUT2D eigenvalue weighted by molar-refractivity contribution is -0.173.